The lowest BCUT2D eigenvalue weighted by Crippen LogP contribution is -2.32. The van der Waals surface area contributed by atoms with Gasteiger partial charge in [-0.05, 0) is 85.2 Å². The number of carbonyl (C=O) groups excluding carboxylic acids is 1. The number of hydrogen-bond donors (Lipinski definition) is 1. The Balaban J connectivity index is 1.29. The van der Waals surface area contributed by atoms with E-state index in [9.17, 15) is 17.6 Å². The van der Waals surface area contributed by atoms with Crippen LogP contribution in [0.5, 0.6) is 0 Å². The van der Waals surface area contributed by atoms with Crippen molar-refractivity contribution in [1.82, 2.24) is 14.7 Å². The highest BCUT2D eigenvalue weighted by molar-refractivity contribution is 7.89. The second-order valence-electron chi connectivity index (χ2n) is 10.5. The van der Waals surface area contributed by atoms with Gasteiger partial charge >= 0.3 is 0 Å². The highest BCUT2D eigenvalue weighted by Crippen LogP contribution is 2.49. The summed E-state index contributed by atoms with van der Waals surface area (Å²) in [6.07, 6.45) is 5.56. The molecule has 3 atom stereocenters. The first-order valence-corrected chi connectivity index (χ1v) is 14.8. The lowest BCUT2D eigenvalue weighted by molar-refractivity contribution is -0.120. The number of nitrogens with one attached hydrogen (secondary N) is 1. The molecule has 6 rings (SSSR count). The summed E-state index contributed by atoms with van der Waals surface area (Å²) >= 11 is 0. The number of anilines is 1. The van der Waals surface area contributed by atoms with Gasteiger partial charge < -0.3 is 4.90 Å². The third kappa shape index (κ3) is 5.39. The molecule has 0 unspecified atom stereocenters. The number of halogens is 1. The Morgan fingerprint density at radius 1 is 1.02 bits per heavy atom. The highest BCUT2D eigenvalue weighted by atomic mass is 32.2. The lowest BCUT2D eigenvalue weighted by Gasteiger charge is -2.25. The molecule has 9 heteroatoms. The molecule has 1 amide bonds. The molecule has 0 bridgehead atoms. The van der Waals surface area contributed by atoms with Crippen LogP contribution >= 0.6 is 0 Å². The summed E-state index contributed by atoms with van der Waals surface area (Å²) in [4.78, 5) is 24.3. The largest absolute Gasteiger partial charge is 0.308 e. The number of aromatic nitrogens is 2. The van der Waals surface area contributed by atoms with Gasteiger partial charge in [-0.3, -0.25) is 4.79 Å². The van der Waals surface area contributed by atoms with Crippen molar-refractivity contribution < 1.29 is 17.6 Å². The summed E-state index contributed by atoms with van der Waals surface area (Å²) in [5.41, 5.74) is 4.55. The number of aryl methyl sites for hydroxylation is 2. The Bertz CT molecular complexity index is 1640. The van der Waals surface area contributed by atoms with Crippen molar-refractivity contribution >= 4 is 21.6 Å². The van der Waals surface area contributed by atoms with Gasteiger partial charge in [0.05, 0.1) is 11.4 Å². The average Bonchev–Trinajstić information content (AvgIpc) is 3.68. The number of carbonyl (C=O) groups is 1. The van der Waals surface area contributed by atoms with E-state index in [2.05, 4.69) is 26.8 Å². The SMILES string of the molecule is Cc1ncc(CN(C(=O)[C@@H]2C[C@H]2c2ccccc2)c2ccc3c(c2)[C@@H](NS(=O)(=O)c2ccc(F)cc2)CC3)cn1. The molecule has 1 aromatic heterocycles. The third-order valence-electron chi connectivity index (χ3n) is 7.72. The molecule has 2 aliphatic rings. The quantitative estimate of drug-likeness (QED) is 0.321. The van der Waals surface area contributed by atoms with Crippen molar-refractivity contribution in [1.29, 1.82) is 0 Å². The van der Waals surface area contributed by atoms with Gasteiger partial charge in [-0.25, -0.2) is 27.5 Å². The van der Waals surface area contributed by atoms with Gasteiger partial charge in [0.2, 0.25) is 15.9 Å². The number of hydrogen-bond acceptors (Lipinski definition) is 5. The molecule has 1 fully saturated rings. The van der Waals surface area contributed by atoms with Crippen LogP contribution in [0.3, 0.4) is 0 Å². The number of nitrogens with zero attached hydrogens (tertiary/aromatic N) is 3. The van der Waals surface area contributed by atoms with E-state index >= 15 is 0 Å². The second kappa shape index (κ2) is 10.6. The molecule has 40 heavy (non-hydrogen) atoms. The summed E-state index contributed by atoms with van der Waals surface area (Å²) in [6, 6.07) is 20.2. The maximum atomic E-state index is 13.9. The predicted octanol–water partition coefficient (Wildman–Crippen LogP) is 5.23. The van der Waals surface area contributed by atoms with Gasteiger partial charge in [0.1, 0.15) is 11.6 Å². The lowest BCUT2D eigenvalue weighted by atomic mass is 10.1. The minimum atomic E-state index is -3.86. The van der Waals surface area contributed by atoms with Gasteiger partial charge in [-0.1, -0.05) is 36.4 Å². The fraction of sp³-hybridized carbons (Fsp3) is 0.258. The third-order valence-corrected chi connectivity index (χ3v) is 9.20. The Morgan fingerprint density at radius 2 is 1.75 bits per heavy atom. The summed E-state index contributed by atoms with van der Waals surface area (Å²) < 4.78 is 42.3. The first kappa shape index (κ1) is 26.3. The van der Waals surface area contributed by atoms with E-state index in [1.165, 1.54) is 12.1 Å². The van der Waals surface area contributed by atoms with E-state index in [0.717, 1.165) is 40.8 Å². The van der Waals surface area contributed by atoms with E-state index in [1.54, 1.807) is 17.3 Å². The Morgan fingerprint density at radius 3 is 2.48 bits per heavy atom. The number of benzene rings is 3. The Labute approximate surface area is 233 Å². The summed E-state index contributed by atoms with van der Waals surface area (Å²) in [5, 5.41) is 0. The van der Waals surface area contributed by atoms with Gasteiger partial charge in [-0.15, -0.1) is 0 Å². The van der Waals surface area contributed by atoms with E-state index in [0.29, 0.717) is 30.9 Å². The van der Waals surface area contributed by atoms with Crippen LogP contribution < -0.4 is 9.62 Å². The van der Waals surface area contributed by atoms with Crippen molar-refractivity contribution in [2.45, 2.75) is 49.6 Å². The van der Waals surface area contributed by atoms with Crippen molar-refractivity contribution in [3.63, 3.8) is 0 Å². The normalized spacial score (nSPS) is 19.7. The first-order chi connectivity index (χ1) is 19.3. The van der Waals surface area contributed by atoms with E-state index < -0.39 is 21.9 Å². The van der Waals surface area contributed by atoms with Crippen LogP contribution in [-0.4, -0.2) is 24.3 Å². The Kier molecular flexibility index (Phi) is 6.93. The minimum Gasteiger partial charge on any atom is -0.308 e. The van der Waals surface area contributed by atoms with Crippen LogP contribution in [0, 0.1) is 18.7 Å². The molecule has 0 aliphatic heterocycles. The van der Waals surface area contributed by atoms with Crippen LogP contribution in [0.4, 0.5) is 10.1 Å². The molecule has 0 radical (unpaired) electrons. The zero-order chi connectivity index (χ0) is 27.9. The molecule has 7 nitrogen and oxygen atoms in total. The van der Waals surface area contributed by atoms with Crippen molar-refractivity contribution in [3.8, 4) is 0 Å². The number of rotatable bonds is 8. The maximum absolute atomic E-state index is 13.9. The molecule has 1 N–H and O–H groups in total. The van der Waals surface area contributed by atoms with Crippen molar-refractivity contribution in [3.05, 3.63) is 119 Å². The van der Waals surface area contributed by atoms with Crippen LogP contribution in [0.15, 0.2) is 90.1 Å². The van der Waals surface area contributed by atoms with Crippen LogP contribution in [-0.2, 0) is 27.8 Å². The molecule has 1 heterocycles. The second-order valence-corrected chi connectivity index (χ2v) is 12.2. The number of amides is 1. The molecule has 2 aliphatic carbocycles. The molecule has 0 spiro atoms. The van der Waals surface area contributed by atoms with Crippen LogP contribution in [0.2, 0.25) is 0 Å². The fourth-order valence-electron chi connectivity index (χ4n) is 5.47. The highest BCUT2D eigenvalue weighted by Gasteiger charge is 2.46. The predicted molar refractivity (Wildman–Crippen MR) is 149 cm³/mol. The Hall–Kier alpha value is -3.95. The van der Waals surface area contributed by atoms with E-state index in [4.69, 9.17) is 0 Å². The number of sulfonamides is 1. The standard InChI is InChI=1S/C31H29FN4O3S/c1-20-33-17-21(18-34-20)19-36(31(37)29-16-27(29)22-5-3-2-4-6-22)25-11-7-23-8-14-30(28(23)15-25)35-40(38,39)26-12-9-24(32)10-13-26/h2-7,9-13,15,17-18,27,29-30,35H,8,14,16,19H2,1H3/t27-,29+,30-/m0/s1. The van der Waals surface area contributed by atoms with E-state index in [1.807, 2.05) is 43.3 Å². The van der Waals surface area contributed by atoms with Crippen LogP contribution in [0.1, 0.15) is 52.9 Å². The molecule has 204 valence electrons. The summed E-state index contributed by atoms with van der Waals surface area (Å²) in [7, 11) is -3.86. The smallest absolute Gasteiger partial charge is 0.241 e. The molecular formula is C31H29FN4O3S. The fourth-order valence-corrected chi connectivity index (χ4v) is 6.72. The van der Waals surface area contributed by atoms with Gasteiger partial charge in [0.15, 0.2) is 0 Å². The molecule has 4 aromatic rings. The van der Waals surface area contributed by atoms with Crippen molar-refractivity contribution in [2.24, 2.45) is 5.92 Å². The van der Waals surface area contributed by atoms with Crippen LogP contribution in [0.25, 0.3) is 0 Å². The summed E-state index contributed by atoms with van der Waals surface area (Å²) in [6.45, 7) is 2.12. The van der Waals surface area contributed by atoms with Gasteiger partial charge in [0, 0.05) is 35.6 Å². The minimum absolute atomic E-state index is 0.00960. The number of fused-ring (bicyclic) bond motifs is 1. The zero-order valence-electron chi connectivity index (χ0n) is 22.0. The topological polar surface area (TPSA) is 92.3 Å². The first-order valence-electron chi connectivity index (χ1n) is 13.3. The molecular weight excluding hydrogens is 527 g/mol. The monoisotopic (exact) mass is 556 g/mol. The molecule has 1 saturated carbocycles. The summed E-state index contributed by atoms with van der Waals surface area (Å²) in [5.74, 6) is 0.228. The maximum Gasteiger partial charge on any atom is 0.241 e. The van der Waals surface area contributed by atoms with E-state index in [-0.39, 0.29) is 22.6 Å². The van der Waals surface area contributed by atoms with Gasteiger partial charge in [-0.2, -0.15) is 0 Å². The van der Waals surface area contributed by atoms with Crippen molar-refractivity contribution in [2.75, 3.05) is 4.90 Å². The molecule has 3 aromatic carbocycles. The zero-order valence-corrected chi connectivity index (χ0v) is 22.8. The average molecular weight is 557 g/mol. The molecule has 0 saturated heterocycles. The van der Waals surface area contributed by atoms with Gasteiger partial charge in [0.25, 0.3) is 0 Å².